The van der Waals surface area contributed by atoms with E-state index in [2.05, 4.69) is 0 Å². The molecule has 1 aliphatic rings. The van der Waals surface area contributed by atoms with Crippen LogP contribution in [0.4, 0.5) is 18.9 Å². The Labute approximate surface area is 191 Å². The molecule has 0 aromatic heterocycles. The zero-order chi connectivity index (χ0) is 24.1. The van der Waals surface area contributed by atoms with E-state index < -0.39 is 22.0 Å². The minimum atomic E-state index is -4.83. The van der Waals surface area contributed by atoms with E-state index in [0.717, 1.165) is 0 Å². The molecule has 0 radical (unpaired) electrons. The first-order valence-corrected chi connectivity index (χ1v) is 11.8. The van der Waals surface area contributed by atoms with Gasteiger partial charge < -0.3 is 9.57 Å². The third-order valence-corrected chi connectivity index (χ3v) is 6.08. The van der Waals surface area contributed by atoms with Crippen molar-refractivity contribution in [1.29, 1.82) is 0 Å². The van der Waals surface area contributed by atoms with E-state index >= 15 is 0 Å². The molecule has 0 aliphatic carbocycles. The lowest BCUT2D eigenvalue weighted by Crippen LogP contribution is -2.37. The zero-order valence-electron chi connectivity index (χ0n) is 18.2. The molecule has 1 heterocycles. The lowest BCUT2D eigenvalue weighted by Gasteiger charge is -2.29. The molecule has 0 saturated heterocycles. The SMILES string of the molecule is CC(C)Oc1ccccc1ON(CC1=CN(S(=O)(=O)CC(F)(F)F)CC=C1)c1ccccc1. The van der Waals surface area contributed by atoms with Crippen LogP contribution in [0.3, 0.4) is 0 Å². The summed E-state index contributed by atoms with van der Waals surface area (Å²) in [5, 5.41) is 1.53. The molecule has 3 rings (SSSR count). The number of alkyl halides is 3. The third kappa shape index (κ3) is 7.18. The highest BCUT2D eigenvalue weighted by molar-refractivity contribution is 7.89. The molecule has 0 bridgehead atoms. The van der Waals surface area contributed by atoms with Gasteiger partial charge in [0.2, 0.25) is 10.0 Å². The fourth-order valence-electron chi connectivity index (χ4n) is 3.10. The van der Waals surface area contributed by atoms with Crippen LogP contribution in [0.1, 0.15) is 13.8 Å². The van der Waals surface area contributed by atoms with Crippen LogP contribution in [0, 0.1) is 0 Å². The maximum Gasteiger partial charge on any atom is 0.404 e. The van der Waals surface area contributed by atoms with E-state index in [-0.39, 0.29) is 19.2 Å². The summed E-state index contributed by atoms with van der Waals surface area (Å²) in [4.78, 5) is 6.12. The number of ether oxygens (including phenoxy) is 1. The summed E-state index contributed by atoms with van der Waals surface area (Å²) in [6.45, 7) is 3.69. The standard InChI is InChI=1S/C23H25F3N2O4S/c1-18(2)31-21-12-6-7-13-22(21)32-28(20-10-4-3-5-11-20)16-19-9-8-14-27(15-19)33(29,30)17-23(24,25)26/h3-13,15,18H,14,16-17H2,1-2H3. The Morgan fingerprint density at radius 2 is 1.67 bits per heavy atom. The minimum absolute atomic E-state index is 0.0779. The average Bonchev–Trinajstić information content (AvgIpc) is 2.73. The molecule has 10 heteroatoms. The van der Waals surface area contributed by atoms with E-state index in [1.807, 2.05) is 38.1 Å². The topological polar surface area (TPSA) is 59.1 Å². The first-order chi connectivity index (χ1) is 15.5. The smallest absolute Gasteiger partial charge is 0.404 e. The quantitative estimate of drug-likeness (QED) is 0.475. The van der Waals surface area contributed by atoms with Crippen LogP contribution < -0.4 is 14.6 Å². The van der Waals surface area contributed by atoms with Gasteiger partial charge >= 0.3 is 6.18 Å². The third-order valence-electron chi connectivity index (χ3n) is 4.42. The summed E-state index contributed by atoms with van der Waals surface area (Å²) < 4.78 is 69.1. The second-order valence-electron chi connectivity index (χ2n) is 7.62. The van der Waals surface area contributed by atoms with Crippen LogP contribution in [0.25, 0.3) is 0 Å². The summed E-state index contributed by atoms with van der Waals surface area (Å²) in [5.74, 6) is -0.954. The Bertz CT molecular complexity index is 1100. The van der Waals surface area contributed by atoms with Gasteiger partial charge in [0.1, 0.15) is 0 Å². The molecule has 0 spiro atoms. The van der Waals surface area contributed by atoms with Crippen molar-refractivity contribution in [3.8, 4) is 11.5 Å². The van der Waals surface area contributed by atoms with Crippen LogP contribution >= 0.6 is 0 Å². The number of sulfonamides is 1. The highest BCUT2D eigenvalue weighted by Crippen LogP contribution is 2.30. The van der Waals surface area contributed by atoms with Crippen molar-refractivity contribution in [1.82, 2.24) is 4.31 Å². The summed E-state index contributed by atoms with van der Waals surface area (Å²) in [7, 11) is -4.55. The number of para-hydroxylation sites is 3. The van der Waals surface area contributed by atoms with E-state index in [4.69, 9.17) is 9.57 Å². The van der Waals surface area contributed by atoms with Crippen LogP contribution in [0.2, 0.25) is 0 Å². The van der Waals surface area contributed by atoms with Gasteiger partial charge in [-0.3, -0.25) is 4.31 Å². The number of nitrogens with zero attached hydrogens (tertiary/aromatic N) is 2. The Kier molecular flexibility index (Phi) is 7.57. The lowest BCUT2D eigenvalue weighted by atomic mass is 10.2. The van der Waals surface area contributed by atoms with E-state index in [9.17, 15) is 21.6 Å². The van der Waals surface area contributed by atoms with Crippen molar-refractivity contribution in [2.24, 2.45) is 0 Å². The van der Waals surface area contributed by atoms with Gasteiger partial charge in [0.25, 0.3) is 0 Å². The molecule has 178 valence electrons. The normalized spacial score (nSPS) is 14.2. The average molecular weight is 483 g/mol. The molecule has 33 heavy (non-hydrogen) atoms. The first-order valence-electron chi connectivity index (χ1n) is 10.2. The van der Waals surface area contributed by atoms with Gasteiger partial charge in [-0.05, 0) is 43.7 Å². The number of halogens is 3. The highest BCUT2D eigenvalue weighted by Gasteiger charge is 2.37. The molecule has 0 amide bonds. The van der Waals surface area contributed by atoms with Gasteiger partial charge in [0.15, 0.2) is 17.3 Å². The lowest BCUT2D eigenvalue weighted by molar-refractivity contribution is -0.106. The Balaban J connectivity index is 1.88. The summed E-state index contributed by atoms with van der Waals surface area (Å²) in [6, 6.07) is 16.2. The van der Waals surface area contributed by atoms with E-state index in [0.29, 0.717) is 27.1 Å². The predicted octanol–water partition coefficient (Wildman–Crippen LogP) is 4.92. The second kappa shape index (κ2) is 10.2. The number of hydrogen-bond acceptors (Lipinski definition) is 5. The maximum absolute atomic E-state index is 12.7. The molecule has 0 N–H and O–H groups in total. The van der Waals surface area contributed by atoms with Gasteiger partial charge in [0, 0.05) is 6.20 Å². The van der Waals surface area contributed by atoms with E-state index in [1.165, 1.54) is 17.3 Å². The van der Waals surface area contributed by atoms with Crippen LogP contribution in [0.15, 0.2) is 78.5 Å². The number of anilines is 1. The van der Waals surface area contributed by atoms with E-state index in [1.54, 1.807) is 36.4 Å². The van der Waals surface area contributed by atoms with Crippen LogP contribution in [-0.4, -0.2) is 43.8 Å². The van der Waals surface area contributed by atoms with Crippen LogP contribution in [-0.2, 0) is 10.0 Å². The Hall–Kier alpha value is -3.14. The number of rotatable bonds is 9. The monoisotopic (exact) mass is 482 g/mol. The van der Waals surface area contributed by atoms with Gasteiger partial charge in [-0.15, -0.1) is 0 Å². The second-order valence-corrected chi connectivity index (χ2v) is 9.55. The number of benzene rings is 2. The summed E-state index contributed by atoms with van der Waals surface area (Å²) >= 11 is 0. The van der Waals surface area contributed by atoms with Gasteiger partial charge in [-0.25, -0.2) is 13.5 Å². The molecule has 2 aromatic rings. The summed E-state index contributed by atoms with van der Waals surface area (Å²) in [5.41, 5.74) is 1.12. The van der Waals surface area contributed by atoms with Gasteiger partial charge in [-0.2, -0.15) is 13.2 Å². The Morgan fingerprint density at radius 3 is 2.30 bits per heavy atom. The number of hydroxylamine groups is 1. The van der Waals surface area contributed by atoms with Crippen molar-refractivity contribution in [3.05, 3.63) is 78.5 Å². The maximum atomic E-state index is 12.7. The minimum Gasteiger partial charge on any atom is -0.487 e. The van der Waals surface area contributed by atoms with Crippen molar-refractivity contribution < 1.29 is 31.2 Å². The fraction of sp³-hybridized carbons (Fsp3) is 0.304. The number of hydrogen-bond donors (Lipinski definition) is 0. The molecular formula is C23H25F3N2O4S. The molecule has 0 saturated carbocycles. The molecule has 2 aromatic carbocycles. The molecule has 0 unspecified atom stereocenters. The molecule has 0 atom stereocenters. The largest absolute Gasteiger partial charge is 0.487 e. The molecule has 0 fully saturated rings. The fourth-order valence-corrected chi connectivity index (χ4v) is 4.29. The van der Waals surface area contributed by atoms with Crippen molar-refractivity contribution >= 4 is 15.7 Å². The Morgan fingerprint density at radius 1 is 1.03 bits per heavy atom. The molecule has 1 aliphatic heterocycles. The van der Waals surface area contributed by atoms with Crippen molar-refractivity contribution in [2.45, 2.75) is 26.1 Å². The zero-order valence-corrected chi connectivity index (χ0v) is 19.0. The van der Waals surface area contributed by atoms with Crippen LogP contribution in [0.5, 0.6) is 11.5 Å². The summed E-state index contributed by atoms with van der Waals surface area (Å²) in [6.07, 6.45) is -0.543. The highest BCUT2D eigenvalue weighted by atomic mass is 32.2. The molecule has 6 nitrogen and oxygen atoms in total. The van der Waals surface area contributed by atoms with Gasteiger partial charge in [0.05, 0.1) is 24.9 Å². The van der Waals surface area contributed by atoms with Crippen molar-refractivity contribution in [2.75, 3.05) is 23.9 Å². The predicted molar refractivity (Wildman–Crippen MR) is 120 cm³/mol. The van der Waals surface area contributed by atoms with Gasteiger partial charge in [-0.1, -0.05) is 42.5 Å². The molecular weight excluding hydrogens is 457 g/mol. The van der Waals surface area contributed by atoms with Crippen molar-refractivity contribution in [3.63, 3.8) is 0 Å². The first kappa shape index (κ1) is 24.5.